The summed E-state index contributed by atoms with van der Waals surface area (Å²) in [4.78, 5) is 29.1. The maximum absolute atomic E-state index is 13.0. The Bertz CT molecular complexity index is 778. The van der Waals surface area contributed by atoms with Crippen molar-refractivity contribution in [2.24, 2.45) is 0 Å². The van der Waals surface area contributed by atoms with Gasteiger partial charge in [-0.05, 0) is 18.6 Å². The van der Waals surface area contributed by atoms with E-state index < -0.39 is 0 Å². The van der Waals surface area contributed by atoms with Crippen LogP contribution in [0.5, 0.6) is 0 Å². The van der Waals surface area contributed by atoms with E-state index in [9.17, 15) is 9.59 Å². The van der Waals surface area contributed by atoms with Gasteiger partial charge < -0.3 is 19.5 Å². The van der Waals surface area contributed by atoms with Crippen molar-refractivity contribution in [3.63, 3.8) is 0 Å². The third kappa shape index (κ3) is 5.79. The molecule has 0 bridgehead atoms. The van der Waals surface area contributed by atoms with Crippen molar-refractivity contribution in [1.82, 2.24) is 15.0 Å². The summed E-state index contributed by atoms with van der Waals surface area (Å²) in [6.45, 7) is 4.38. The molecule has 0 unspecified atom stereocenters. The Balaban J connectivity index is 1.63. The first-order valence-corrected chi connectivity index (χ1v) is 9.55. The molecule has 9 heteroatoms. The van der Waals surface area contributed by atoms with Crippen LogP contribution >= 0.6 is 11.6 Å². The molecule has 8 nitrogen and oxygen atoms in total. The fourth-order valence-corrected chi connectivity index (χ4v) is 3.22. The maximum atomic E-state index is 13.0. The highest BCUT2D eigenvalue weighted by atomic mass is 35.5. The average molecular weight is 407 g/mol. The van der Waals surface area contributed by atoms with Crippen LogP contribution in [0, 0.1) is 0 Å². The van der Waals surface area contributed by atoms with Gasteiger partial charge in [0.2, 0.25) is 5.91 Å². The van der Waals surface area contributed by atoms with Gasteiger partial charge in [0, 0.05) is 32.2 Å². The van der Waals surface area contributed by atoms with Gasteiger partial charge in [-0.2, -0.15) is 0 Å². The third-order valence-electron chi connectivity index (χ3n) is 4.44. The maximum Gasteiger partial charge on any atom is 0.255 e. The highest BCUT2D eigenvalue weighted by Gasteiger charge is 2.21. The summed E-state index contributed by atoms with van der Waals surface area (Å²) in [5.74, 6) is -0.313. The summed E-state index contributed by atoms with van der Waals surface area (Å²) < 4.78 is 10.1. The number of nitrogens with one attached hydrogen (secondary N) is 1. The van der Waals surface area contributed by atoms with Crippen molar-refractivity contribution in [3.8, 4) is 0 Å². The number of aromatic nitrogens is 1. The van der Waals surface area contributed by atoms with Crippen LogP contribution in [0.2, 0.25) is 5.02 Å². The molecule has 0 spiro atoms. The molecule has 2 heterocycles. The van der Waals surface area contributed by atoms with Gasteiger partial charge in [0.05, 0.1) is 23.8 Å². The average Bonchev–Trinajstić information content (AvgIpc) is 3.21. The number of halogens is 1. The lowest BCUT2D eigenvalue weighted by Gasteiger charge is -2.28. The van der Waals surface area contributed by atoms with Gasteiger partial charge in [-0.15, -0.1) is 0 Å². The molecule has 3 rings (SSSR count). The quantitative estimate of drug-likeness (QED) is 0.722. The van der Waals surface area contributed by atoms with Crippen LogP contribution in [0.1, 0.15) is 16.8 Å². The molecule has 0 saturated carbocycles. The second kappa shape index (κ2) is 10.2. The van der Waals surface area contributed by atoms with E-state index in [1.54, 1.807) is 24.3 Å². The van der Waals surface area contributed by atoms with Crippen molar-refractivity contribution in [2.75, 3.05) is 51.3 Å². The number of ether oxygens (including phenoxy) is 1. The van der Waals surface area contributed by atoms with Gasteiger partial charge in [0.15, 0.2) is 5.82 Å². The van der Waals surface area contributed by atoms with Crippen LogP contribution in [0.15, 0.2) is 41.1 Å². The van der Waals surface area contributed by atoms with E-state index in [1.807, 2.05) is 0 Å². The fourth-order valence-electron chi connectivity index (χ4n) is 3.00. The topological polar surface area (TPSA) is 87.9 Å². The number of anilines is 1. The second-order valence-electron chi connectivity index (χ2n) is 6.45. The SMILES string of the molecule is O=C(CN(CCCN1CCOCC1)C(=O)c1ccccc1Cl)Nc1ccon1. The highest BCUT2D eigenvalue weighted by Crippen LogP contribution is 2.17. The fraction of sp³-hybridized carbons (Fsp3) is 0.421. The van der Waals surface area contributed by atoms with E-state index in [-0.39, 0.29) is 18.4 Å². The Morgan fingerprint density at radius 3 is 2.71 bits per heavy atom. The van der Waals surface area contributed by atoms with E-state index >= 15 is 0 Å². The number of hydrogen-bond donors (Lipinski definition) is 1. The minimum absolute atomic E-state index is 0.0972. The van der Waals surface area contributed by atoms with Crippen LogP contribution in [0.25, 0.3) is 0 Å². The number of carbonyl (C=O) groups is 2. The Kier molecular flexibility index (Phi) is 7.41. The summed E-state index contributed by atoms with van der Waals surface area (Å²) in [6.07, 6.45) is 2.11. The number of hydrogen-bond acceptors (Lipinski definition) is 6. The van der Waals surface area contributed by atoms with E-state index in [4.69, 9.17) is 20.9 Å². The van der Waals surface area contributed by atoms with E-state index in [2.05, 4.69) is 15.4 Å². The summed E-state index contributed by atoms with van der Waals surface area (Å²) in [5, 5.41) is 6.63. The molecule has 2 aromatic rings. The van der Waals surface area contributed by atoms with Crippen molar-refractivity contribution < 1.29 is 18.8 Å². The molecule has 0 atom stereocenters. The minimum atomic E-state index is -0.347. The minimum Gasteiger partial charge on any atom is -0.379 e. The molecule has 0 aliphatic carbocycles. The summed E-state index contributed by atoms with van der Waals surface area (Å²) in [5.41, 5.74) is 0.379. The number of rotatable bonds is 8. The Hall–Kier alpha value is -2.42. The van der Waals surface area contributed by atoms with Gasteiger partial charge in [0.1, 0.15) is 12.8 Å². The Morgan fingerprint density at radius 1 is 1.21 bits per heavy atom. The van der Waals surface area contributed by atoms with Gasteiger partial charge in [-0.3, -0.25) is 14.5 Å². The third-order valence-corrected chi connectivity index (χ3v) is 4.77. The summed E-state index contributed by atoms with van der Waals surface area (Å²) in [7, 11) is 0. The predicted molar refractivity (Wildman–Crippen MR) is 104 cm³/mol. The van der Waals surface area contributed by atoms with E-state index in [1.165, 1.54) is 17.2 Å². The molecule has 1 aliphatic heterocycles. The molecular formula is C19H23ClN4O4. The van der Waals surface area contributed by atoms with Crippen LogP contribution in [0.3, 0.4) is 0 Å². The first-order chi connectivity index (χ1) is 13.6. The largest absolute Gasteiger partial charge is 0.379 e. The number of benzene rings is 1. The number of carbonyl (C=O) groups excluding carboxylic acids is 2. The zero-order chi connectivity index (χ0) is 19.8. The normalized spacial score (nSPS) is 14.6. The first-order valence-electron chi connectivity index (χ1n) is 9.17. The molecule has 2 amide bonds. The van der Waals surface area contributed by atoms with Crippen molar-refractivity contribution in [3.05, 3.63) is 47.2 Å². The monoisotopic (exact) mass is 406 g/mol. The first kappa shape index (κ1) is 20.3. The van der Waals surface area contributed by atoms with Gasteiger partial charge in [-0.1, -0.05) is 28.9 Å². The smallest absolute Gasteiger partial charge is 0.255 e. The van der Waals surface area contributed by atoms with Crippen molar-refractivity contribution in [2.45, 2.75) is 6.42 Å². The molecule has 1 saturated heterocycles. The lowest BCUT2D eigenvalue weighted by atomic mass is 10.2. The molecule has 1 aliphatic rings. The van der Waals surface area contributed by atoms with Crippen molar-refractivity contribution >= 4 is 29.2 Å². The number of amides is 2. The highest BCUT2D eigenvalue weighted by molar-refractivity contribution is 6.33. The summed E-state index contributed by atoms with van der Waals surface area (Å²) >= 11 is 6.18. The Labute approximate surface area is 168 Å². The number of morpholine rings is 1. The molecule has 1 fully saturated rings. The zero-order valence-electron chi connectivity index (χ0n) is 15.5. The molecule has 28 heavy (non-hydrogen) atoms. The molecule has 1 N–H and O–H groups in total. The zero-order valence-corrected chi connectivity index (χ0v) is 16.2. The van der Waals surface area contributed by atoms with Crippen LogP contribution in [-0.2, 0) is 9.53 Å². The number of nitrogens with zero attached hydrogens (tertiary/aromatic N) is 3. The van der Waals surface area contributed by atoms with Crippen LogP contribution < -0.4 is 5.32 Å². The molecule has 150 valence electrons. The molecule has 1 aromatic carbocycles. The Morgan fingerprint density at radius 2 is 2.00 bits per heavy atom. The molecule has 0 radical (unpaired) electrons. The van der Waals surface area contributed by atoms with Crippen molar-refractivity contribution in [1.29, 1.82) is 0 Å². The molecular weight excluding hydrogens is 384 g/mol. The van der Waals surface area contributed by atoms with Crippen LogP contribution in [0.4, 0.5) is 5.82 Å². The standard InChI is InChI=1S/C19H23ClN4O4/c20-16-5-2-1-4-15(16)19(26)24(8-3-7-23-9-12-27-13-10-23)14-18(25)21-17-6-11-28-22-17/h1-2,4-6,11H,3,7-10,12-14H2,(H,21,22,25). The van der Waals surface area contributed by atoms with Crippen LogP contribution in [-0.4, -0.2) is 72.7 Å². The van der Waals surface area contributed by atoms with E-state index in [0.717, 1.165) is 39.3 Å². The second-order valence-corrected chi connectivity index (χ2v) is 6.85. The lowest BCUT2D eigenvalue weighted by molar-refractivity contribution is -0.117. The van der Waals surface area contributed by atoms with Gasteiger partial charge >= 0.3 is 0 Å². The van der Waals surface area contributed by atoms with E-state index in [0.29, 0.717) is 22.9 Å². The summed E-state index contributed by atoms with van der Waals surface area (Å²) in [6, 6.07) is 8.38. The molecule has 1 aromatic heterocycles. The van der Waals surface area contributed by atoms with Gasteiger partial charge in [-0.25, -0.2) is 0 Å². The lowest BCUT2D eigenvalue weighted by Crippen LogP contribution is -2.41. The van der Waals surface area contributed by atoms with Gasteiger partial charge in [0.25, 0.3) is 5.91 Å². The predicted octanol–water partition coefficient (Wildman–Crippen LogP) is 2.13.